The van der Waals surface area contributed by atoms with E-state index in [-0.39, 0.29) is 5.70 Å². The third-order valence-corrected chi connectivity index (χ3v) is 1.33. The van der Waals surface area contributed by atoms with Crippen LogP contribution in [0.5, 0.6) is 0 Å². The molecule has 0 aliphatic carbocycles. The molecule has 0 saturated carbocycles. The molecule has 0 aliphatic rings. The first kappa shape index (κ1) is 11.5. The minimum atomic E-state index is -0.523. The molecule has 0 atom stereocenters. The molecular weight excluding hydrogens is 172 g/mol. The third kappa shape index (κ3) is 4.19. The Morgan fingerprint density at radius 1 is 1.54 bits per heavy atom. The van der Waals surface area contributed by atoms with E-state index >= 15 is 0 Å². The van der Waals surface area contributed by atoms with E-state index in [0.717, 1.165) is 0 Å². The molecule has 5 heteroatoms. The van der Waals surface area contributed by atoms with Crippen LogP contribution in [0.15, 0.2) is 35.7 Å². The maximum Gasteiger partial charge on any atom is 0.272 e. The minimum Gasteiger partial charge on any atom is -0.631 e. The van der Waals surface area contributed by atoms with E-state index in [9.17, 15) is 15.3 Å². The summed E-state index contributed by atoms with van der Waals surface area (Å²) < 4.78 is 0. The lowest BCUT2D eigenvalue weighted by atomic mass is 10.2. The van der Waals surface area contributed by atoms with Crippen LogP contribution in [0, 0.1) is 15.3 Å². The summed E-state index contributed by atoms with van der Waals surface area (Å²) in [6.07, 6.45) is 2.57. The summed E-state index contributed by atoms with van der Waals surface area (Å²) >= 11 is 0. The van der Waals surface area contributed by atoms with Gasteiger partial charge in [-0.1, -0.05) is 6.58 Å². The van der Waals surface area contributed by atoms with E-state index in [4.69, 9.17) is 0 Å². The van der Waals surface area contributed by atoms with Gasteiger partial charge in [-0.2, -0.15) is 0 Å². The van der Waals surface area contributed by atoms with Crippen LogP contribution in [-0.4, -0.2) is 4.92 Å². The Kier molecular flexibility index (Phi) is 4.64. The summed E-state index contributed by atoms with van der Waals surface area (Å²) in [7, 11) is 0. The summed E-state index contributed by atoms with van der Waals surface area (Å²) in [5.74, 6) is 0. The molecule has 0 aliphatic heterocycles. The van der Waals surface area contributed by atoms with Gasteiger partial charge in [0.15, 0.2) is 0 Å². The fraction of sp³-hybridized carbons (Fsp3) is 0.250. The SMILES string of the molecule is C=C(C)/C(=C\C(C)=C/[NH2+][O-])[N+](=O)[O-]. The van der Waals surface area contributed by atoms with Gasteiger partial charge in [0.1, 0.15) is 0 Å². The topological polar surface area (TPSA) is 82.8 Å². The summed E-state index contributed by atoms with van der Waals surface area (Å²) in [4.78, 5) is 9.92. The molecule has 72 valence electrons. The molecule has 0 radical (unpaired) electrons. The molecule has 0 aromatic carbocycles. The molecule has 5 nitrogen and oxygen atoms in total. The molecule has 0 aromatic rings. The quantitative estimate of drug-likeness (QED) is 0.396. The van der Waals surface area contributed by atoms with Crippen LogP contribution in [-0.2, 0) is 0 Å². The molecule has 0 unspecified atom stereocenters. The van der Waals surface area contributed by atoms with Crippen LogP contribution in [0.3, 0.4) is 0 Å². The molecule has 13 heavy (non-hydrogen) atoms. The largest absolute Gasteiger partial charge is 0.631 e. The number of nitro groups is 1. The Morgan fingerprint density at radius 2 is 2.08 bits per heavy atom. The van der Waals surface area contributed by atoms with Crippen LogP contribution in [0.1, 0.15) is 13.8 Å². The van der Waals surface area contributed by atoms with Gasteiger partial charge in [-0.3, -0.25) is 10.1 Å². The van der Waals surface area contributed by atoms with Crippen molar-refractivity contribution in [1.82, 2.24) is 0 Å². The normalized spacial score (nSPS) is 12.8. The summed E-state index contributed by atoms with van der Waals surface area (Å²) in [5, 5.41) is 20.5. The highest BCUT2D eigenvalue weighted by atomic mass is 16.6. The average molecular weight is 184 g/mol. The molecule has 0 spiro atoms. The Hall–Kier alpha value is -1.46. The average Bonchev–Trinajstić information content (AvgIpc) is 1.99. The van der Waals surface area contributed by atoms with Gasteiger partial charge in [-0.25, -0.2) is 0 Å². The van der Waals surface area contributed by atoms with Crippen molar-refractivity contribution in [2.45, 2.75) is 13.8 Å². The van der Waals surface area contributed by atoms with E-state index in [1.54, 1.807) is 13.8 Å². The number of quaternary nitrogens is 1. The maximum atomic E-state index is 10.4. The molecule has 0 rings (SSSR count). The van der Waals surface area contributed by atoms with Gasteiger partial charge in [0.05, 0.1) is 11.1 Å². The van der Waals surface area contributed by atoms with Gasteiger partial charge in [0, 0.05) is 17.2 Å². The first-order valence-corrected chi connectivity index (χ1v) is 3.63. The van der Waals surface area contributed by atoms with Crippen molar-refractivity contribution in [3.8, 4) is 0 Å². The number of allylic oxidation sites excluding steroid dienone is 3. The Balaban J connectivity index is 4.84. The Bertz CT molecular complexity index is 263. The molecule has 0 heterocycles. The minimum absolute atomic E-state index is 0.0735. The van der Waals surface area contributed by atoms with Crippen molar-refractivity contribution in [3.63, 3.8) is 0 Å². The predicted molar refractivity (Wildman–Crippen MR) is 48.9 cm³/mol. The summed E-state index contributed by atoms with van der Waals surface area (Å²) in [6, 6.07) is 0. The van der Waals surface area contributed by atoms with Crippen molar-refractivity contribution in [2.24, 2.45) is 0 Å². The number of hydrogen-bond acceptors (Lipinski definition) is 3. The molecule has 0 amide bonds. The standard InChI is InChI=1S/C8H12N2O3/c1-6(2)8(10(12)13)4-7(3)5-9-11/h4-5H,1,9H2,2-3H3/b7-5-,8-4+. The van der Waals surface area contributed by atoms with E-state index < -0.39 is 4.92 Å². The molecule has 0 bridgehead atoms. The molecule has 2 N–H and O–H groups in total. The fourth-order valence-corrected chi connectivity index (χ4v) is 0.703. The second-order valence-electron chi connectivity index (χ2n) is 2.61. The summed E-state index contributed by atoms with van der Waals surface area (Å²) in [5.41, 5.74) is 1.41. The highest BCUT2D eigenvalue weighted by molar-refractivity contribution is 5.27. The van der Waals surface area contributed by atoms with Gasteiger partial charge in [0.25, 0.3) is 5.70 Å². The highest BCUT2D eigenvalue weighted by Crippen LogP contribution is 2.09. The zero-order chi connectivity index (χ0) is 10.4. The molecule has 0 saturated heterocycles. The number of hydroxylamine groups is 1. The Morgan fingerprint density at radius 3 is 2.38 bits per heavy atom. The third-order valence-electron chi connectivity index (χ3n) is 1.33. The van der Waals surface area contributed by atoms with Crippen LogP contribution in [0.4, 0.5) is 0 Å². The van der Waals surface area contributed by atoms with Crippen molar-refractivity contribution >= 4 is 0 Å². The van der Waals surface area contributed by atoms with Gasteiger partial charge < -0.3 is 10.7 Å². The lowest BCUT2D eigenvalue weighted by Gasteiger charge is -1.97. The zero-order valence-corrected chi connectivity index (χ0v) is 7.61. The van der Waals surface area contributed by atoms with E-state index in [0.29, 0.717) is 16.6 Å². The smallest absolute Gasteiger partial charge is 0.272 e. The molecular formula is C8H12N2O3. The maximum absolute atomic E-state index is 10.4. The van der Waals surface area contributed by atoms with Gasteiger partial charge in [-0.05, 0) is 13.8 Å². The van der Waals surface area contributed by atoms with E-state index in [1.165, 1.54) is 12.3 Å². The first-order valence-electron chi connectivity index (χ1n) is 3.63. The first-order chi connectivity index (χ1) is 5.99. The van der Waals surface area contributed by atoms with Crippen molar-refractivity contribution in [3.05, 3.63) is 51.0 Å². The van der Waals surface area contributed by atoms with Gasteiger partial charge in [0.2, 0.25) is 0 Å². The van der Waals surface area contributed by atoms with Crippen LogP contribution < -0.4 is 5.48 Å². The van der Waals surface area contributed by atoms with Crippen molar-refractivity contribution < 1.29 is 10.4 Å². The molecule has 0 aromatic heterocycles. The van der Waals surface area contributed by atoms with Crippen LogP contribution >= 0.6 is 0 Å². The van der Waals surface area contributed by atoms with Gasteiger partial charge in [-0.15, -0.1) is 0 Å². The monoisotopic (exact) mass is 184 g/mol. The van der Waals surface area contributed by atoms with E-state index in [2.05, 4.69) is 6.58 Å². The number of nitrogens with zero attached hydrogens (tertiary/aromatic N) is 1. The van der Waals surface area contributed by atoms with Crippen molar-refractivity contribution in [2.75, 3.05) is 0 Å². The lowest BCUT2D eigenvalue weighted by Crippen LogP contribution is -2.70. The van der Waals surface area contributed by atoms with E-state index in [1.807, 2.05) is 0 Å². The Labute approximate surface area is 76.2 Å². The fourth-order valence-electron chi connectivity index (χ4n) is 0.703. The number of hydrogen-bond donors (Lipinski definition) is 1. The summed E-state index contributed by atoms with van der Waals surface area (Å²) in [6.45, 7) is 6.62. The highest BCUT2D eigenvalue weighted by Gasteiger charge is 2.10. The predicted octanol–water partition coefficient (Wildman–Crippen LogP) is 0.688. The lowest BCUT2D eigenvalue weighted by molar-refractivity contribution is -0.515. The molecule has 0 fully saturated rings. The van der Waals surface area contributed by atoms with Crippen LogP contribution in [0.2, 0.25) is 0 Å². The van der Waals surface area contributed by atoms with Crippen molar-refractivity contribution in [1.29, 1.82) is 0 Å². The second kappa shape index (κ2) is 5.23. The second-order valence-corrected chi connectivity index (χ2v) is 2.61. The van der Waals surface area contributed by atoms with Crippen LogP contribution in [0.25, 0.3) is 0 Å². The number of nitrogens with two attached hydrogens (primary N) is 1. The number of rotatable bonds is 4. The zero-order valence-electron chi connectivity index (χ0n) is 7.61. The van der Waals surface area contributed by atoms with Gasteiger partial charge >= 0.3 is 0 Å².